The summed E-state index contributed by atoms with van der Waals surface area (Å²) in [6, 6.07) is 9.55. The van der Waals surface area contributed by atoms with Crippen LogP contribution in [0.3, 0.4) is 0 Å². The highest BCUT2D eigenvalue weighted by Gasteiger charge is 2.33. The van der Waals surface area contributed by atoms with Crippen molar-refractivity contribution in [3.8, 4) is 0 Å². The molecule has 3 rings (SSSR count). The lowest BCUT2D eigenvalue weighted by molar-refractivity contribution is -0.136. The van der Waals surface area contributed by atoms with E-state index in [1.807, 2.05) is 0 Å². The number of anilines is 1. The Morgan fingerprint density at radius 1 is 1.14 bits per heavy atom. The van der Waals surface area contributed by atoms with Gasteiger partial charge in [-0.3, -0.25) is 9.59 Å². The number of carbonyl (C=O) groups is 2. The number of nitrogens with zero attached hydrogens (tertiary/aromatic N) is 1. The predicted molar refractivity (Wildman–Crippen MR) is 114 cm³/mol. The van der Waals surface area contributed by atoms with Crippen LogP contribution >= 0.6 is 22.9 Å². The number of sulfonamides is 1. The minimum Gasteiger partial charge on any atom is -0.348 e. The van der Waals surface area contributed by atoms with Crippen LogP contribution in [-0.2, 0) is 19.6 Å². The molecular weight excluding hydrogens is 434 g/mol. The molecule has 0 spiro atoms. The molecule has 1 atom stereocenters. The first kappa shape index (κ1) is 21.8. The van der Waals surface area contributed by atoms with Gasteiger partial charge in [-0.05, 0) is 55.0 Å². The number of hydrogen-bond donors (Lipinski definition) is 2. The summed E-state index contributed by atoms with van der Waals surface area (Å²) in [5, 5.41) is 7.34. The summed E-state index contributed by atoms with van der Waals surface area (Å²) in [5.74, 6) is -1.54. The van der Waals surface area contributed by atoms with Crippen molar-refractivity contribution in [1.29, 1.82) is 0 Å². The topological polar surface area (TPSA) is 95.6 Å². The zero-order valence-electron chi connectivity index (χ0n) is 15.6. The summed E-state index contributed by atoms with van der Waals surface area (Å²) in [5.41, 5.74) is 0.468. The normalized spacial score (nSPS) is 17.6. The summed E-state index contributed by atoms with van der Waals surface area (Å²) in [6.45, 7) is 0.684. The van der Waals surface area contributed by atoms with Crippen molar-refractivity contribution >= 4 is 50.5 Å². The Morgan fingerprint density at radius 3 is 2.59 bits per heavy atom. The van der Waals surface area contributed by atoms with E-state index in [2.05, 4.69) is 10.6 Å². The number of halogens is 1. The molecule has 0 bridgehead atoms. The molecule has 2 aromatic rings. The lowest BCUT2D eigenvalue weighted by Crippen LogP contribution is -2.45. The molecule has 10 heteroatoms. The molecule has 1 fully saturated rings. The number of thiophene rings is 1. The Hall–Kier alpha value is -1.94. The molecule has 29 heavy (non-hydrogen) atoms. The van der Waals surface area contributed by atoms with E-state index in [0.29, 0.717) is 27.9 Å². The average molecular weight is 456 g/mol. The summed E-state index contributed by atoms with van der Waals surface area (Å²) in [4.78, 5) is 24.0. The minimum atomic E-state index is -3.53. The van der Waals surface area contributed by atoms with E-state index < -0.39 is 21.8 Å². The second-order valence-electron chi connectivity index (χ2n) is 6.70. The van der Waals surface area contributed by atoms with Gasteiger partial charge < -0.3 is 10.6 Å². The molecule has 2 N–H and O–H groups in total. The second-order valence-corrected chi connectivity index (χ2v) is 10.2. The molecule has 2 amide bonds. The van der Waals surface area contributed by atoms with Crippen molar-refractivity contribution in [2.24, 2.45) is 0 Å². The van der Waals surface area contributed by atoms with Gasteiger partial charge in [-0.15, -0.1) is 11.3 Å². The van der Waals surface area contributed by atoms with Gasteiger partial charge >= 0.3 is 11.8 Å². The van der Waals surface area contributed by atoms with Crippen LogP contribution in [0.2, 0.25) is 5.02 Å². The summed E-state index contributed by atoms with van der Waals surface area (Å²) < 4.78 is 27.6. The van der Waals surface area contributed by atoms with E-state index in [0.717, 1.165) is 19.3 Å². The number of benzene rings is 1. The van der Waals surface area contributed by atoms with Gasteiger partial charge in [0.15, 0.2) is 0 Å². The molecule has 1 aromatic heterocycles. The van der Waals surface area contributed by atoms with Crippen LogP contribution in [-0.4, -0.2) is 43.7 Å². The van der Waals surface area contributed by atoms with Crippen molar-refractivity contribution in [3.63, 3.8) is 0 Å². The van der Waals surface area contributed by atoms with Gasteiger partial charge in [0.25, 0.3) is 10.0 Å². The number of piperidine rings is 1. The first-order valence-electron chi connectivity index (χ1n) is 9.28. The largest absolute Gasteiger partial charge is 0.348 e. The second kappa shape index (κ2) is 9.71. The Kier molecular flexibility index (Phi) is 7.28. The molecule has 2 heterocycles. The van der Waals surface area contributed by atoms with Crippen molar-refractivity contribution in [2.75, 3.05) is 18.4 Å². The fourth-order valence-electron chi connectivity index (χ4n) is 3.26. The Balaban J connectivity index is 1.53. The van der Waals surface area contributed by atoms with Crippen LogP contribution < -0.4 is 10.6 Å². The molecule has 1 aromatic carbocycles. The van der Waals surface area contributed by atoms with Crippen molar-refractivity contribution in [1.82, 2.24) is 9.62 Å². The molecule has 0 saturated carbocycles. The van der Waals surface area contributed by atoms with E-state index in [4.69, 9.17) is 11.6 Å². The van der Waals surface area contributed by atoms with E-state index in [-0.39, 0.29) is 12.6 Å². The maximum atomic E-state index is 12.9. The fraction of sp³-hybridized carbons (Fsp3) is 0.368. The maximum Gasteiger partial charge on any atom is 0.313 e. The van der Waals surface area contributed by atoms with Crippen LogP contribution in [0.1, 0.15) is 25.7 Å². The fourth-order valence-corrected chi connectivity index (χ4v) is 6.23. The molecule has 1 aliphatic heterocycles. The quantitative estimate of drug-likeness (QED) is 0.654. The van der Waals surface area contributed by atoms with Gasteiger partial charge in [0.1, 0.15) is 4.21 Å². The smallest absolute Gasteiger partial charge is 0.313 e. The van der Waals surface area contributed by atoms with Gasteiger partial charge in [0.05, 0.1) is 0 Å². The SMILES string of the molecule is O=C(NCC[C@@H]1CCCCN1S(=O)(=O)c1cccs1)C(=O)Nc1ccc(Cl)cc1. The molecule has 1 saturated heterocycles. The first-order valence-corrected chi connectivity index (χ1v) is 12.0. The zero-order chi connectivity index (χ0) is 20.9. The van der Waals surface area contributed by atoms with Gasteiger partial charge in [-0.1, -0.05) is 24.1 Å². The first-order chi connectivity index (χ1) is 13.9. The van der Waals surface area contributed by atoms with Crippen LogP contribution in [0, 0.1) is 0 Å². The van der Waals surface area contributed by atoms with Crippen LogP contribution in [0.25, 0.3) is 0 Å². The highest BCUT2D eigenvalue weighted by molar-refractivity contribution is 7.91. The maximum absolute atomic E-state index is 12.9. The highest BCUT2D eigenvalue weighted by Crippen LogP contribution is 2.29. The van der Waals surface area contributed by atoms with E-state index >= 15 is 0 Å². The van der Waals surface area contributed by atoms with Crippen LogP contribution in [0.4, 0.5) is 5.69 Å². The standard InChI is InChI=1S/C19H22ClN3O4S2/c20-14-6-8-15(9-7-14)22-19(25)18(24)21-11-10-16-4-1-2-12-23(16)29(26,27)17-5-3-13-28-17/h3,5-9,13,16H,1-2,4,10-12H2,(H,21,24)(H,22,25)/t16-/m0/s1. The lowest BCUT2D eigenvalue weighted by atomic mass is 10.0. The van der Waals surface area contributed by atoms with Gasteiger partial charge in [-0.2, -0.15) is 4.31 Å². The van der Waals surface area contributed by atoms with Gasteiger partial charge in [0, 0.05) is 29.8 Å². The van der Waals surface area contributed by atoms with E-state index in [1.54, 1.807) is 41.8 Å². The monoisotopic (exact) mass is 455 g/mol. The molecule has 0 unspecified atom stereocenters. The summed E-state index contributed by atoms with van der Waals surface area (Å²) >= 11 is 6.99. The number of nitrogens with one attached hydrogen (secondary N) is 2. The molecule has 0 radical (unpaired) electrons. The van der Waals surface area contributed by atoms with Crippen molar-refractivity contribution in [3.05, 3.63) is 46.8 Å². The summed E-state index contributed by atoms with van der Waals surface area (Å²) in [7, 11) is -3.53. The van der Waals surface area contributed by atoms with Gasteiger partial charge in [0.2, 0.25) is 0 Å². The number of hydrogen-bond acceptors (Lipinski definition) is 5. The third kappa shape index (κ3) is 5.57. The van der Waals surface area contributed by atoms with Gasteiger partial charge in [-0.25, -0.2) is 8.42 Å². The Labute approximate surface area is 179 Å². The van der Waals surface area contributed by atoms with E-state index in [1.165, 1.54) is 15.6 Å². The third-order valence-corrected chi connectivity index (χ3v) is 8.28. The molecule has 0 aliphatic carbocycles. The number of rotatable bonds is 6. The minimum absolute atomic E-state index is 0.199. The Bertz CT molecular complexity index is 946. The van der Waals surface area contributed by atoms with E-state index in [9.17, 15) is 18.0 Å². The Morgan fingerprint density at radius 2 is 1.90 bits per heavy atom. The molecular formula is C19H22ClN3O4S2. The summed E-state index contributed by atoms with van der Waals surface area (Å²) in [6.07, 6.45) is 2.94. The predicted octanol–water partition coefficient (Wildman–Crippen LogP) is 3.09. The molecule has 7 nitrogen and oxygen atoms in total. The van der Waals surface area contributed by atoms with Crippen LogP contribution in [0.5, 0.6) is 0 Å². The average Bonchev–Trinajstić information content (AvgIpc) is 3.26. The van der Waals surface area contributed by atoms with Crippen LogP contribution in [0.15, 0.2) is 46.0 Å². The van der Waals surface area contributed by atoms with Crippen molar-refractivity contribution in [2.45, 2.75) is 35.9 Å². The zero-order valence-corrected chi connectivity index (χ0v) is 18.0. The molecule has 1 aliphatic rings. The lowest BCUT2D eigenvalue weighted by Gasteiger charge is -2.34. The molecule has 156 valence electrons. The van der Waals surface area contributed by atoms with Crippen molar-refractivity contribution < 1.29 is 18.0 Å². The highest BCUT2D eigenvalue weighted by atomic mass is 35.5. The number of carbonyl (C=O) groups excluding carboxylic acids is 2. The third-order valence-electron chi connectivity index (χ3n) is 4.70. The number of amides is 2.